The van der Waals surface area contributed by atoms with E-state index in [0.717, 1.165) is 43.4 Å². The van der Waals surface area contributed by atoms with E-state index in [1.165, 1.54) is 16.9 Å². The molecule has 0 spiro atoms. The van der Waals surface area contributed by atoms with Crippen molar-refractivity contribution in [3.8, 4) is 0 Å². The van der Waals surface area contributed by atoms with Gasteiger partial charge in [0.05, 0.1) is 39.0 Å². The van der Waals surface area contributed by atoms with Gasteiger partial charge in [-0.25, -0.2) is 14.4 Å². The maximum Gasteiger partial charge on any atom is 0.410 e. The predicted octanol–water partition coefficient (Wildman–Crippen LogP) is 3.46. The monoisotopic (exact) mass is 653 g/mol. The summed E-state index contributed by atoms with van der Waals surface area (Å²) in [6.07, 6.45) is 5.84. The van der Waals surface area contributed by atoms with Gasteiger partial charge in [-0.1, -0.05) is 52.2 Å². The molecule has 5 unspecified atom stereocenters. The van der Waals surface area contributed by atoms with Crippen molar-refractivity contribution in [2.45, 2.75) is 103 Å². The molecule has 5 rings (SSSR count). The summed E-state index contributed by atoms with van der Waals surface area (Å²) in [4.78, 5) is 74.6. The summed E-state index contributed by atoms with van der Waals surface area (Å²) in [5.41, 5.74) is 0.173. The summed E-state index contributed by atoms with van der Waals surface area (Å²) in [7, 11) is 1.25. The van der Waals surface area contributed by atoms with Gasteiger partial charge in [0.15, 0.2) is 0 Å². The Morgan fingerprint density at radius 2 is 1.89 bits per heavy atom. The highest BCUT2D eigenvalue weighted by Gasteiger charge is 2.62. The van der Waals surface area contributed by atoms with Crippen LogP contribution in [0.2, 0.25) is 0 Å². The molecule has 1 aromatic rings. The Bertz CT molecular complexity index is 1360. The number of esters is 1. The van der Waals surface area contributed by atoms with Gasteiger partial charge >= 0.3 is 18.2 Å². The molecule has 3 fully saturated rings. The van der Waals surface area contributed by atoms with Crippen molar-refractivity contribution in [2.75, 3.05) is 20.3 Å². The number of carbonyl (C=O) groups is 5. The van der Waals surface area contributed by atoms with Crippen LogP contribution in [0.4, 0.5) is 9.59 Å². The molecule has 0 radical (unpaired) electrons. The van der Waals surface area contributed by atoms with Crippen LogP contribution >= 0.6 is 0 Å². The molecule has 13 nitrogen and oxygen atoms in total. The number of hydrogen-bond donors (Lipinski definition) is 2. The normalized spacial score (nSPS) is 26.1. The molecule has 5 atom stereocenters. The number of ether oxygens (including phenoxy) is 3. The molecule has 13 heteroatoms. The van der Waals surface area contributed by atoms with Crippen LogP contribution in [-0.2, 0) is 41.7 Å². The van der Waals surface area contributed by atoms with Gasteiger partial charge in [-0.05, 0) is 42.2 Å². The van der Waals surface area contributed by atoms with E-state index in [0.29, 0.717) is 19.5 Å². The third-order valence-electron chi connectivity index (χ3n) is 9.55. The lowest BCUT2D eigenvalue weighted by Gasteiger charge is -2.34. The number of aromatic nitrogens is 1. The highest BCUT2D eigenvalue weighted by atomic mass is 16.6. The van der Waals surface area contributed by atoms with E-state index < -0.39 is 53.7 Å². The lowest BCUT2D eigenvalue weighted by atomic mass is 9.83. The molecule has 1 saturated heterocycles. The number of likely N-dealkylation sites (tertiary alicyclic amines) is 1. The van der Waals surface area contributed by atoms with Crippen LogP contribution in [0.3, 0.4) is 0 Å². The number of alkyl carbamates (subject to hydrolysis) is 1. The van der Waals surface area contributed by atoms with Gasteiger partial charge in [-0.15, -0.1) is 6.58 Å². The van der Waals surface area contributed by atoms with Crippen LogP contribution in [0.15, 0.2) is 31.0 Å². The van der Waals surface area contributed by atoms with Gasteiger partial charge in [0.25, 0.3) is 0 Å². The number of nitrogens with one attached hydrogen (secondary N) is 2. The van der Waals surface area contributed by atoms with Crippen molar-refractivity contribution in [2.24, 2.45) is 17.3 Å². The van der Waals surface area contributed by atoms with Crippen molar-refractivity contribution in [1.82, 2.24) is 25.4 Å². The summed E-state index contributed by atoms with van der Waals surface area (Å²) in [5.74, 6) is -2.10. The van der Waals surface area contributed by atoms with Gasteiger partial charge in [0.2, 0.25) is 11.8 Å². The van der Waals surface area contributed by atoms with Crippen LogP contribution in [0, 0.1) is 17.3 Å². The zero-order chi connectivity index (χ0) is 33.9. The number of fused-ring (bicyclic) bond motifs is 1. The van der Waals surface area contributed by atoms with E-state index in [1.54, 1.807) is 12.3 Å². The van der Waals surface area contributed by atoms with Crippen molar-refractivity contribution in [1.29, 1.82) is 0 Å². The fourth-order valence-electron chi connectivity index (χ4n) is 6.89. The number of nitrogens with zero attached hydrogens (tertiary/aromatic N) is 3. The van der Waals surface area contributed by atoms with Crippen molar-refractivity contribution in [3.63, 3.8) is 0 Å². The minimum Gasteiger partial charge on any atom is -0.467 e. The number of rotatable bonds is 9. The molecule has 1 aromatic heterocycles. The van der Waals surface area contributed by atoms with Crippen LogP contribution < -0.4 is 10.6 Å². The smallest absolute Gasteiger partial charge is 0.410 e. The highest BCUT2D eigenvalue weighted by molar-refractivity contribution is 5.96. The van der Waals surface area contributed by atoms with Crippen LogP contribution in [0.5, 0.6) is 0 Å². The maximum atomic E-state index is 14.4. The molecule has 2 aliphatic heterocycles. The van der Waals surface area contributed by atoms with Gasteiger partial charge < -0.3 is 29.7 Å². The second-order valence-electron chi connectivity index (χ2n) is 14.4. The fourth-order valence-corrected chi connectivity index (χ4v) is 6.89. The lowest BCUT2D eigenvalue weighted by molar-refractivity contribution is -0.148. The summed E-state index contributed by atoms with van der Waals surface area (Å²) in [6.45, 7) is 10.3. The Balaban J connectivity index is 1.36. The standard InChI is InChI=1S/C34H47N5O8/c1-6-23-16-34(23,30(42)45-5)37-28(40)26-15-24(47-32(44)38-17-22-13-10-14-35-25(22)19-38)18-39(26)29(41)27(21-11-8-7-9-12-21)36-31(43)46-20-33(2,3)4/h6,10,13-14,21,23-24,26-27H,1,7-9,11-12,15-20H2,2-5H3,(H,36,43)(H,37,40). The van der Waals surface area contributed by atoms with Crippen molar-refractivity contribution >= 4 is 30.0 Å². The van der Waals surface area contributed by atoms with E-state index >= 15 is 0 Å². The zero-order valence-electron chi connectivity index (χ0n) is 27.8. The first kappa shape index (κ1) is 34.2. The Morgan fingerprint density at radius 3 is 2.53 bits per heavy atom. The first-order valence-electron chi connectivity index (χ1n) is 16.5. The molecule has 2 saturated carbocycles. The largest absolute Gasteiger partial charge is 0.467 e. The Labute approximate surface area is 275 Å². The van der Waals surface area contributed by atoms with Gasteiger partial charge in [-0.2, -0.15) is 0 Å². The molecule has 0 aromatic carbocycles. The fraction of sp³-hybridized carbons (Fsp3) is 0.647. The molecule has 256 valence electrons. The lowest BCUT2D eigenvalue weighted by Crippen LogP contribution is -2.58. The van der Waals surface area contributed by atoms with Crippen molar-refractivity contribution < 1.29 is 38.2 Å². The molecular weight excluding hydrogens is 606 g/mol. The van der Waals surface area contributed by atoms with E-state index in [2.05, 4.69) is 22.2 Å². The molecule has 3 heterocycles. The Morgan fingerprint density at radius 1 is 1.15 bits per heavy atom. The van der Waals surface area contributed by atoms with Gasteiger partial charge in [-0.3, -0.25) is 19.5 Å². The number of amides is 4. The predicted molar refractivity (Wildman–Crippen MR) is 169 cm³/mol. The number of pyridine rings is 1. The third-order valence-corrected chi connectivity index (χ3v) is 9.55. The molecule has 2 N–H and O–H groups in total. The molecule has 4 amide bonds. The number of carbonyl (C=O) groups excluding carboxylic acids is 5. The first-order chi connectivity index (χ1) is 22.3. The van der Waals surface area contributed by atoms with Crippen LogP contribution in [-0.4, -0.2) is 88.7 Å². The van der Waals surface area contributed by atoms with Crippen LogP contribution in [0.25, 0.3) is 0 Å². The SMILES string of the molecule is C=CC1CC1(NC(=O)C1CC(OC(=O)N2Cc3cccnc3C2)CN1C(=O)C(NC(=O)OCC(C)(C)C)C1CCCCC1)C(=O)OC. The van der Waals surface area contributed by atoms with E-state index in [-0.39, 0.29) is 36.8 Å². The van der Waals surface area contributed by atoms with Gasteiger partial charge in [0, 0.05) is 18.5 Å². The minimum atomic E-state index is -1.27. The van der Waals surface area contributed by atoms with E-state index in [9.17, 15) is 24.0 Å². The van der Waals surface area contributed by atoms with E-state index in [4.69, 9.17) is 14.2 Å². The topological polar surface area (TPSA) is 156 Å². The molecule has 0 bridgehead atoms. The van der Waals surface area contributed by atoms with Crippen LogP contribution in [0.1, 0.15) is 77.0 Å². The maximum absolute atomic E-state index is 14.4. The minimum absolute atomic E-state index is 0.0181. The first-order valence-corrected chi connectivity index (χ1v) is 16.5. The second kappa shape index (κ2) is 13.9. The summed E-state index contributed by atoms with van der Waals surface area (Å²) in [5, 5.41) is 5.65. The molecule has 2 aliphatic carbocycles. The number of hydrogen-bond acceptors (Lipinski definition) is 9. The quantitative estimate of drug-likeness (QED) is 0.232. The van der Waals surface area contributed by atoms with Crippen molar-refractivity contribution in [3.05, 3.63) is 42.2 Å². The molecule has 4 aliphatic rings. The Kier molecular flexibility index (Phi) is 10.1. The average Bonchev–Trinajstić information content (AvgIpc) is 3.36. The summed E-state index contributed by atoms with van der Waals surface area (Å²) >= 11 is 0. The molecule has 47 heavy (non-hydrogen) atoms. The van der Waals surface area contributed by atoms with E-state index in [1.807, 2.05) is 32.9 Å². The summed E-state index contributed by atoms with van der Waals surface area (Å²) < 4.78 is 16.3. The van der Waals surface area contributed by atoms with Gasteiger partial charge in [0.1, 0.15) is 23.7 Å². The summed E-state index contributed by atoms with van der Waals surface area (Å²) in [6, 6.07) is 1.71. The average molecular weight is 654 g/mol. The third kappa shape index (κ3) is 7.70. The molecular formula is C34H47N5O8. The Hall–Kier alpha value is -4.16. The highest BCUT2D eigenvalue weighted by Crippen LogP contribution is 2.45. The zero-order valence-corrected chi connectivity index (χ0v) is 27.8. The second-order valence-corrected chi connectivity index (χ2v) is 14.4. The number of methoxy groups -OCH3 is 1.